The Morgan fingerprint density at radius 2 is 2.07 bits per heavy atom. The first-order valence-corrected chi connectivity index (χ1v) is 4.85. The van der Waals surface area contributed by atoms with Crippen LogP contribution >= 0.6 is 11.6 Å². The predicted molar refractivity (Wildman–Crippen MR) is 59.3 cm³/mol. The zero-order valence-corrected chi connectivity index (χ0v) is 8.80. The van der Waals surface area contributed by atoms with Crippen molar-refractivity contribution in [2.24, 2.45) is 0 Å². The van der Waals surface area contributed by atoms with E-state index in [-0.39, 0.29) is 11.1 Å². The molecule has 0 atom stereocenters. The Morgan fingerprint density at radius 3 is 2.71 bits per heavy atom. The molecular weight excluding hydrogens is 202 g/mol. The molecule has 0 aromatic carbocycles. The van der Waals surface area contributed by atoms with Crippen LogP contribution in [-0.2, 0) is 0 Å². The Balaban J connectivity index is 2.75. The number of unbranched alkanes of at least 4 members (excludes halogenated alkanes) is 1. The van der Waals surface area contributed by atoms with Gasteiger partial charge in [0.2, 0.25) is 5.95 Å². The lowest BCUT2D eigenvalue weighted by atomic mass is 10.3. The van der Waals surface area contributed by atoms with Crippen LogP contribution in [0.25, 0.3) is 0 Å². The van der Waals surface area contributed by atoms with Crippen molar-refractivity contribution < 1.29 is 0 Å². The van der Waals surface area contributed by atoms with E-state index in [0.717, 1.165) is 19.4 Å². The third-order valence-corrected chi connectivity index (χ3v) is 2.03. The molecule has 0 aliphatic carbocycles. The monoisotopic (exact) mass is 215 g/mol. The maximum atomic E-state index is 5.74. The van der Waals surface area contributed by atoms with E-state index in [9.17, 15) is 0 Å². The van der Waals surface area contributed by atoms with Gasteiger partial charge in [-0.15, -0.1) is 0 Å². The molecule has 0 spiro atoms. The average Bonchev–Trinajstić information content (AvgIpc) is 2.13. The molecule has 14 heavy (non-hydrogen) atoms. The second-order valence-electron chi connectivity index (χ2n) is 2.92. The van der Waals surface area contributed by atoms with E-state index in [0.29, 0.717) is 11.5 Å². The number of nitrogen functional groups attached to an aromatic ring is 2. The van der Waals surface area contributed by atoms with Crippen molar-refractivity contribution in [3.8, 4) is 0 Å². The van der Waals surface area contributed by atoms with E-state index in [1.165, 1.54) is 0 Å². The Bertz CT molecular complexity index is 315. The summed E-state index contributed by atoms with van der Waals surface area (Å²) in [4.78, 5) is 7.68. The SMILES string of the molecule is CCCCNc1nc(N)nc(Cl)c1N. The van der Waals surface area contributed by atoms with Gasteiger partial charge in [0, 0.05) is 6.54 Å². The summed E-state index contributed by atoms with van der Waals surface area (Å²) < 4.78 is 0. The molecule has 5 nitrogen and oxygen atoms in total. The van der Waals surface area contributed by atoms with Crippen LogP contribution in [0.4, 0.5) is 17.5 Å². The van der Waals surface area contributed by atoms with Crippen molar-refractivity contribution in [1.82, 2.24) is 9.97 Å². The highest BCUT2D eigenvalue weighted by atomic mass is 35.5. The molecule has 0 saturated carbocycles. The van der Waals surface area contributed by atoms with Gasteiger partial charge in [0.1, 0.15) is 5.69 Å². The minimum atomic E-state index is 0.128. The molecule has 78 valence electrons. The van der Waals surface area contributed by atoms with Gasteiger partial charge in [0.05, 0.1) is 0 Å². The minimum absolute atomic E-state index is 0.128. The van der Waals surface area contributed by atoms with Gasteiger partial charge in [-0.25, -0.2) is 0 Å². The van der Waals surface area contributed by atoms with Crippen molar-refractivity contribution in [3.05, 3.63) is 5.15 Å². The predicted octanol–water partition coefficient (Wildman–Crippen LogP) is 1.51. The number of aromatic nitrogens is 2. The molecule has 0 radical (unpaired) electrons. The molecule has 1 aromatic heterocycles. The van der Waals surface area contributed by atoms with E-state index in [1.54, 1.807) is 0 Å². The molecule has 0 bridgehead atoms. The highest BCUT2D eigenvalue weighted by molar-refractivity contribution is 6.32. The standard InChI is InChI=1S/C8H14ClN5/c1-2-3-4-12-7-5(10)6(9)13-8(11)14-7/h2-4,10H2,1H3,(H3,11,12,13,14). The normalized spacial score (nSPS) is 10.1. The van der Waals surface area contributed by atoms with E-state index in [2.05, 4.69) is 22.2 Å². The summed E-state index contributed by atoms with van der Waals surface area (Å²) in [5.41, 5.74) is 11.4. The zero-order valence-electron chi connectivity index (χ0n) is 8.05. The number of rotatable bonds is 4. The fourth-order valence-corrected chi connectivity index (χ4v) is 1.15. The average molecular weight is 216 g/mol. The maximum Gasteiger partial charge on any atom is 0.223 e. The first kappa shape index (κ1) is 10.8. The van der Waals surface area contributed by atoms with E-state index in [1.807, 2.05) is 0 Å². The van der Waals surface area contributed by atoms with Crippen molar-refractivity contribution in [3.63, 3.8) is 0 Å². The highest BCUT2D eigenvalue weighted by Crippen LogP contribution is 2.24. The summed E-state index contributed by atoms with van der Waals surface area (Å²) in [5.74, 6) is 0.638. The lowest BCUT2D eigenvalue weighted by Gasteiger charge is -2.08. The van der Waals surface area contributed by atoms with Crippen LogP contribution in [0.1, 0.15) is 19.8 Å². The molecule has 0 aliphatic heterocycles. The smallest absolute Gasteiger partial charge is 0.223 e. The quantitative estimate of drug-likeness (QED) is 0.523. The largest absolute Gasteiger partial charge is 0.393 e. The number of hydrogen-bond acceptors (Lipinski definition) is 5. The van der Waals surface area contributed by atoms with Crippen LogP contribution in [0, 0.1) is 0 Å². The highest BCUT2D eigenvalue weighted by Gasteiger charge is 2.07. The van der Waals surface area contributed by atoms with Crippen LogP contribution in [0.3, 0.4) is 0 Å². The number of hydrogen-bond donors (Lipinski definition) is 3. The zero-order chi connectivity index (χ0) is 10.6. The third kappa shape index (κ3) is 2.63. The first-order valence-electron chi connectivity index (χ1n) is 4.47. The molecule has 5 N–H and O–H groups in total. The summed E-state index contributed by atoms with van der Waals surface area (Å²) in [6.45, 7) is 2.90. The van der Waals surface area contributed by atoms with Crippen LogP contribution in [0.15, 0.2) is 0 Å². The second kappa shape index (κ2) is 4.85. The Labute approximate surface area is 87.9 Å². The molecule has 0 aliphatic rings. The number of nitrogens with zero attached hydrogens (tertiary/aromatic N) is 2. The van der Waals surface area contributed by atoms with Gasteiger partial charge in [-0.3, -0.25) is 0 Å². The summed E-state index contributed by atoms with van der Waals surface area (Å²) in [5, 5.41) is 3.25. The molecule has 0 amide bonds. The fraction of sp³-hybridized carbons (Fsp3) is 0.500. The Kier molecular flexibility index (Phi) is 3.76. The van der Waals surface area contributed by atoms with Crippen molar-refractivity contribution in [2.45, 2.75) is 19.8 Å². The van der Waals surface area contributed by atoms with Crippen molar-refractivity contribution >= 4 is 29.1 Å². The molecule has 0 unspecified atom stereocenters. The number of nitrogens with one attached hydrogen (secondary N) is 1. The minimum Gasteiger partial charge on any atom is -0.393 e. The van der Waals surface area contributed by atoms with E-state index >= 15 is 0 Å². The molecule has 0 saturated heterocycles. The topological polar surface area (TPSA) is 89.8 Å². The summed E-state index contributed by atoms with van der Waals surface area (Å²) >= 11 is 5.74. The molecule has 1 rings (SSSR count). The van der Waals surface area contributed by atoms with Crippen molar-refractivity contribution in [1.29, 1.82) is 0 Å². The number of anilines is 3. The number of nitrogens with two attached hydrogens (primary N) is 2. The molecule has 6 heteroatoms. The lowest BCUT2D eigenvalue weighted by molar-refractivity contribution is 0.831. The fourth-order valence-electron chi connectivity index (χ4n) is 0.977. The van der Waals surface area contributed by atoms with Crippen molar-refractivity contribution in [2.75, 3.05) is 23.3 Å². The Morgan fingerprint density at radius 1 is 1.36 bits per heavy atom. The molecular formula is C8H14ClN5. The maximum absolute atomic E-state index is 5.74. The van der Waals surface area contributed by atoms with Crippen LogP contribution in [0.5, 0.6) is 0 Å². The molecule has 0 fully saturated rings. The summed E-state index contributed by atoms with van der Waals surface area (Å²) in [7, 11) is 0. The van der Waals surface area contributed by atoms with Gasteiger partial charge in [0.15, 0.2) is 11.0 Å². The lowest BCUT2D eigenvalue weighted by Crippen LogP contribution is -2.09. The van der Waals surface area contributed by atoms with E-state index in [4.69, 9.17) is 23.1 Å². The molecule has 1 heterocycles. The third-order valence-electron chi connectivity index (χ3n) is 1.74. The van der Waals surface area contributed by atoms with Crippen LogP contribution in [0.2, 0.25) is 5.15 Å². The van der Waals surface area contributed by atoms with Gasteiger partial charge in [-0.2, -0.15) is 9.97 Å². The van der Waals surface area contributed by atoms with Crippen LogP contribution < -0.4 is 16.8 Å². The van der Waals surface area contributed by atoms with Gasteiger partial charge >= 0.3 is 0 Å². The second-order valence-corrected chi connectivity index (χ2v) is 3.27. The number of halogens is 1. The molecule has 1 aromatic rings. The van der Waals surface area contributed by atoms with Gasteiger partial charge in [-0.1, -0.05) is 24.9 Å². The van der Waals surface area contributed by atoms with Crippen LogP contribution in [-0.4, -0.2) is 16.5 Å². The Hall–Kier alpha value is -1.23. The van der Waals surface area contributed by atoms with E-state index < -0.39 is 0 Å². The summed E-state index contributed by atoms with van der Waals surface area (Å²) in [6.07, 6.45) is 2.14. The first-order chi connectivity index (χ1) is 6.65. The van der Waals surface area contributed by atoms with Gasteiger partial charge in [-0.05, 0) is 6.42 Å². The van der Waals surface area contributed by atoms with Gasteiger partial charge < -0.3 is 16.8 Å². The van der Waals surface area contributed by atoms with Gasteiger partial charge in [0.25, 0.3) is 0 Å². The summed E-state index contributed by atoms with van der Waals surface area (Å²) in [6, 6.07) is 0.